The molecule has 1 saturated heterocycles. The highest BCUT2D eigenvalue weighted by Crippen LogP contribution is 2.29. The van der Waals surface area contributed by atoms with Gasteiger partial charge in [0.1, 0.15) is 0 Å². The lowest BCUT2D eigenvalue weighted by atomic mass is 9.94. The summed E-state index contributed by atoms with van der Waals surface area (Å²) in [6.45, 7) is 6.00. The van der Waals surface area contributed by atoms with Gasteiger partial charge in [0.2, 0.25) is 0 Å². The van der Waals surface area contributed by atoms with Gasteiger partial charge in [-0.2, -0.15) is 0 Å². The van der Waals surface area contributed by atoms with E-state index in [0.717, 1.165) is 38.0 Å². The molecule has 0 radical (unpaired) electrons. The first-order valence-electron chi connectivity index (χ1n) is 8.57. The fourth-order valence-electron chi connectivity index (χ4n) is 3.63. The number of nitrogens with one attached hydrogen (secondary N) is 2. The largest absolute Gasteiger partial charge is 0.379 e. The first kappa shape index (κ1) is 19.1. The van der Waals surface area contributed by atoms with Crippen molar-refractivity contribution in [3.63, 3.8) is 0 Å². The smallest absolute Gasteiger partial charge is 0.0623 e. The molecule has 1 aromatic carbocycles. The zero-order chi connectivity index (χ0) is 15.2. The van der Waals surface area contributed by atoms with Crippen LogP contribution in [0.5, 0.6) is 0 Å². The maximum absolute atomic E-state index is 5.64. The number of thioether (sulfide) groups is 1. The van der Waals surface area contributed by atoms with Crippen LogP contribution in [0, 0.1) is 12.8 Å². The van der Waals surface area contributed by atoms with E-state index in [0.29, 0.717) is 12.1 Å². The molecule has 1 aliphatic heterocycles. The Balaban J connectivity index is 0.00000192. The lowest BCUT2D eigenvalue weighted by Crippen LogP contribution is -2.51. The van der Waals surface area contributed by atoms with Crippen molar-refractivity contribution < 1.29 is 4.74 Å². The summed E-state index contributed by atoms with van der Waals surface area (Å²) < 4.78 is 5.64. The molecular formula is C18H29ClN2OS. The molecule has 23 heavy (non-hydrogen) atoms. The lowest BCUT2D eigenvalue weighted by Gasteiger charge is -2.33. The highest BCUT2D eigenvalue weighted by Gasteiger charge is 2.34. The SMILES string of the molecule is Cc1ccc(SCCNC2CCCC2C2COCCN2)cc1.Cl. The number of hydrogen-bond acceptors (Lipinski definition) is 4. The van der Waals surface area contributed by atoms with Crippen LogP contribution in [0.4, 0.5) is 0 Å². The molecule has 3 unspecified atom stereocenters. The summed E-state index contributed by atoms with van der Waals surface area (Å²) in [6, 6.07) is 10.1. The molecule has 1 heterocycles. The summed E-state index contributed by atoms with van der Waals surface area (Å²) >= 11 is 1.95. The lowest BCUT2D eigenvalue weighted by molar-refractivity contribution is 0.0527. The van der Waals surface area contributed by atoms with E-state index in [9.17, 15) is 0 Å². The van der Waals surface area contributed by atoms with Gasteiger partial charge in [-0.1, -0.05) is 24.1 Å². The van der Waals surface area contributed by atoms with Gasteiger partial charge in [0.05, 0.1) is 13.2 Å². The van der Waals surface area contributed by atoms with Crippen molar-refractivity contribution in [2.24, 2.45) is 5.92 Å². The normalized spacial score (nSPS) is 27.6. The van der Waals surface area contributed by atoms with Crippen LogP contribution in [0.1, 0.15) is 24.8 Å². The molecule has 2 fully saturated rings. The minimum Gasteiger partial charge on any atom is -0.379 e. The van der Waals surface area contributed by atoms with Crippen LogP contribution in [0.2, 0.25) is 0 Å². The van der Waals surface area contributed by atoms with Gasteiger partial charge in [0, 0.05) is 35.8 Å². The second kappa shape index (κ2) is 9.90. The predicted octanol–water partition coefficient (Wildman–Crippen LogP) is 3.26. The molecule has 1 aliphatic carbocycles. The summed E-state index contributed by atoms with van der Waals surface area (Å²) in [5.74, 6) is 1.88. The molecule has 1 saturated carbocycles. The topological polar surface area (TPSA) is 33.3 Å². The Morgan fingerprint density at radius 3 is 2.83 bits per heavy atom. The average molecular weight is 357 g/mol. The molecule has 130 valence electrons. The number of rotatable bonds is 6. The van der Waals surface area contributed by atoms with Gasteiger partial charge in [-0.25, -0.2) is 0 Å². The molecule has 2 aliphatic rings. The van der Waals surface area contributed by atoms with E-state index in [1.54, 1.807) is 0 Å². The zero-order valence-corrected chi connectivity index (χ0v) is 15.6. The van der Waals surface area contributed by atoms with Crippen LogP contribution in [-0.2, 0) is 4.74 Å². The summed E-state index contributed by atoms with van der Waals surface area (Å²) in [4.78, 5) is 1.37. The molecule has 3 atom stereocenters. The molecule has 3 nitrogen and oxygen atoms in total. The summed E-state index contributed by atoms with van der Waals surface area (Å²) in [6.07, 6.45) is 4.01. The van der Waals surface area contributed by atoms with Crippen molar-refractivity contribution >= 4 is 24.2 Å². The third-order valence-electron chi connectivity index (χ3n) is 4.83. The van der Waals surface area contributed by atoms with Crippen molar-refractivity contribution in [3.8, 4) is 0 Å². The Kier molecular flexibility index (Phi) is 8.21. The summed E-state index contributed by atoms with van der Waals surface area (Å²) in [5.41, 5.74) is 1.33. The fourth-order valence-corrected chi connectivity index (χ4v) is 4.42. The third-order valence-corrected chi connectivity index (χ3v) is 5.85. The van der Waals surface area contributed by atoms with Crippen molar-refractivity contribution in [3.05, 3.63) is 29.8 Å². The molecule has 3 rings (SSSR count). The quantitative estimate of drug-likeness (QED) is 0.605. The second-order valence-corrected chi connectivity index (χ2v) is 7.62. The van der Waals surface area contributed by atoms with Crippen molar-refractivity contribution in [1.29, 1.82) is 0 Å². The summed E-state index contributed by atoms with van der Waals surface area (Å²) in [5, 5.41) is 7.44. The molecule has 5 heteroatoms. The molecule has 0 aromatic heterocycles. The molecule has 0 spiro atoms. The van der Waals surface area contributed by atoms with Crippen LogP contribution >= 0.6 is 24.2 Å². The minimum atomic E-state index is 0. The van der Waals surface area contributed by atoms with Gasteiger partial charge < -0.3 is 15.4 Å². The van der Waals surface area contributed by atoms with Gasteiger partial charge in [-0.3, -0.25) is 0 Å². The van der Waals surface area contributed by atoms with E-state index in [1.807, 2.05) is 11.8 Å². The van der Waals surface area contributed by atoms with Crippen LogP contribution in [-0.4, -0.2) is 44.1 Å². The number of hydrogen-bond donors (Lipinski definition) is 2. The van der Waals surface area contributed by atoms with Gasteiger partial charge in [0.15, 0.2) is 0 Å². The highest BCUT2D eigenvalue weighted by atomic mass is 35.5. The first-order valence-corrected chi connectivity index (χ1v) is 9.55. The molecule has 1 aromatic rings. The van der Waals surface area contributed by atoms with Gasteiger partial charge in [-0.15, -0.1) is 24.2 Å². The highest BCUT2D eigenvalue weighted by molar-refractivity contribution is 7.99. The van der Waals surface area contributed by atoms with Crippen molar-refractivity contribution in [2.45, 2.75) is 43.2 Å². The van der Waals surface area contributed by atoms with Crippen LogP contribution in [0.25, 0.3) is 0 Å². The molecule has 0 amide bonds. The Hall–Kier alpha value is -0.260. The van der Waals surface area contributed by atoms with E-state index in [2.05, 4.69) is 41.8 Å². The van der Waals surface area contributed by atoms with E-state index >= 15 is 0 Å². The zero-order valence-electron chi connectivity index (χ0n) is 13.9. The maximum atomic E-state index is 5.64. The standard InChI is InChI=1S/C18H28N2OS.ClH/c1-14-5-7-15(8-6-14)22-12-10-20-17-4-2-3-16(17)18-13-21-11-9-19-18;/h5-8,16-20H,2-4,9-13H2,1H3;1H. The van der Waals surface area contributed by atoms with E-state index < -0.39 is 0 Å². The molecular weight excluding hydrogens is 328 g/mol. The molecule has 0 bridgehead atoms. The third kappa shape index (κ3) is 5.64. The number of ether oxygens (including phenoxy) is 1. The number of morpholine rings is 1. The van der Waals surface area contributed by atoms with Gasteiger partial charge >= 0.3 is 0 Å². The monoisotopic (exact) mass is 356 g/mol. The second-order valence-electron chi connectivity index (χ2n) is 6.45. The fraction of sp³-hybridized carbons (Fsp3) is 0.667. The maximum Gasteiger partial charge on any atom is 0.0623 e. The van der Waals surface area contributed by atoms with Crippen molar-refractivity contribution in [2.75, 3.05) is 32.1 Å². The Bertz CT molecular complexity index is 451. The Morgan fingerprint density at radius 1 is 1.26 bits per heavy atom. The average Bonchev–Trinajstić information content (AvgIpc) is 3.02. The van der Waals surface area contributed by atoms with Crippen molar-refractivity contribution in [1.82, 2.24) is 10.6 Å². The number of halogens is 1. The van der Waals surface area contributed by atoms with Crippen LogP contribution < -0.4 is 10.6 Å². The summed E-state index contributed by atoms with van der Waals surface area (Å²) in [7, 11) is 0. The Labute approximate surface area is 150 Å². The number of aryl methyl sites for hydroxylation is 1. The number of benzene rings is 1. The van der Waals surface area contributed by atoms with Gasteiger partial charge in [0.25, 0.3) is 0 Å². The van der Waals surface area contributed by atoms with E-state index in [4.69, 9.17) is 4.74 Å². The van der Waals surface area contributed by atoms with Crippen LogP contribution in [0.3, 0.4) is 0 Å². The Morgan fingerprint density at radius 2 is 2.09 bits per heavy atom. The molecule has 2 N–H and O–H groups in total. The minimum absolute atomic E-state index is 0. The first-order chi connectivity index (χ1) is 10.8. The van der Waals surface area contributed by atoms with E-state index in [-0.39, 0.29) is 12.4 Å². The van der Waals surface area contributed by atoms with Gasteiger partial charge in [-0.05, 0) is 37.8 Å². The van der Waals surface area contributed by atoms with Crippen LogP contribution in [0.15, 0.2) is 29.2 Å². The predicted molar refractivity (Wildman–Crippen MR) is 101 cm³/mol. The van der Waals surface area contributed by atoms with E-state index in [1.165, 1.54) is 29.7 Å².